The topological polar surface area (TPSA) is 16.3 Å². The molecule has 14 aromatic rings. The molecule has 76 heavy (non-hydrogen) atoms. The van der Waals surface area contributed by atoms with Crippen LogP contribution >= 0.6 is 0 Å². The first-order chi connectivity index (χ1) is 37.7. The fraction of sp³-hybridized carbons (Fsp3) is 0. The van der Waals surface area contributed by atoms with Crippen molar-refractivity contribution >= 4 is 77.7 Å². The van der Waals surface area contributed by atoms with Gasteiger partial charge in [0.15, 0.2) is 0 Å². The number of anilines is 6. The van der Waals surface area contributed by atoms with Crippen LogP contribution in [0.25, 0.3) is 88.4 Å². The van der Waals surface area contributed by atoms with Gasteiger partial charge in [-0.3, -0.25) is 0 Å². The molecule has 0 saturated heterocycles. The first kappa shape index (κ1) is 44.5. The van der Waals surface area contributed by atoms with Crippen LogP contribution in [0.5, 0.6) is 0 Å². The molecule has 0 N–H and O–H groups in total. The highest BCUT2D eigenvalue weighted by molar-refractivity contribution is 6.11. The van der Waals surface area contributed by atoms with E-state index in [1.807, 2.05) is 0 Å². The van der Waals surface area contributed by atoms with E-state index in [1.54, 1.807) is 0 Å². The normalized spacial score (nSPS) is 11.4. The van der Waals surface area contributed by atoms with Crippen molar-refractivity contribution in [1.29, 1.82) is 0 Å². The summed E-state index contributed by atoms with van der Waals surface area (Å²) in [7, 11) is 0. The maximum absolute atomic E-state index is 2.37. The van der Waals surface area contributed by atoms with Gasteiger partial charge in [0, 0.05) is 67.0 Å². The standard InChI is InChI=1S/C72H50N4/c1-5-18-51(19-6-1)52-32-40-61(41-33-52)74(62-44-36-54(37-45-62)56-39-47-72-68(49-56)66-29-14-16-31-70(66)76(72)59-24-11-4-12-25-59)64-27-17-26-63(50-64)73(57-20-7-2-8-21-57)60-42-34-53(35-43-60)55-38-46-71-67(48-55)65-28-13-15-30-69(65)75(71)58-22-9-3-10-23-58/h1-50H. The largest absolute Gasteiger partial charge is 0.310 e. The predicted octanol–water partition coefficient (Wildman–Crippen LogP) is 19.8. The number of rotatable bonds is 11. The SMILES string of the molecule is c1ccc(-c2ccc(N(c3ccc(-c4ccc5c(c4)c4ccccc4n5-c4ccccc4)cc3)c3cccc(N(c4ccccc4)c4ccc(-c5ccc6c(c5)c5ccccc5n6-c5ccccc5)cc4)c3)cc2)cc1. The fourth-order valence-electron chi connectivity index (χ4n) is 11.3. The van der Waals surface area contributed by atoms with Gasteiger partial charge in [-0.1, -0.05) is 176 Å². The van der Waals surface area contributed by atoms with Crippen molar-refractivity contribution in [3.63, 3.8) is 0 Å². The van der Waals surface area contributed by atoms with E-state index in [0.717, 1.165) is 56.6 Å². The highest BCUT2D eigenvalue weighted by atomic mass is 15.2. The molecule has 4 heteroatoms. The van der Waals surface area contributed by atoms with Gasteiger partial charge < -0.3 is 18.9 Å². The number of nitrogens with zero attached hydrogens (tertiary/aromatic N) is 4. The monoisotopic (exact) mass is 970 g/mol. The summed E-state index contributed by atoms with van der Waals surface area (Å²) in [6, 6.07) is 110. The first-order valence-corrected chi connectivity index (χ1v) is 26.0. The lowest BCUT2D eigenvalue weighted by molar-refractivity contribution is 1.18. The van der Waals surface area contributed by atoms with Crippen LogP contribution < -0.4 is 9.80 Å². The molecule has 0 amide bonds. The molecule has 0 spiro atoms. The Kier molecular flexibility index (Phi) is 11.2. The number of aromatic nitrogens is 2. The molecule has 2 aromatic heterocycles. The molecule has 358 valence electrons. The van der Waals surface area contributed by atoms with E-state index in [4.69, 9.17) is 0 Å². The number of hydrogen-bond acceptors (Lipinski definition) is 2. The summed E-state index contributed by atoms with van der Waals surface area (Å²) in [5.74, 6) is 0. The summed E-state index contributed by atoms with van der Waals surface area (Å²) in [5, 5.41) is 4.96. The van der Waals surface area contributed by atoms with Crippen molar-refractivity contribution in [2.45, 2.75) is 0 Å². The molecule has 0 fully saturated rings. The van der Waals surface area contributed by atoms with Crippen LogP contribution in [0.1, 0.15) is 0 Å². The van der Waals surface area contributed by atoms with Gasteiger partial charge in [0.1, 0.15) is 0 Å². The number of fused-ring (bicyclic) bond motifs is 6. The third-order valence-corrected chi connectivity index (χ3v) is 14.9. The Morgan fingerprint density at radius 1 is 0.184 bits per heavy atom. The fourth-order valence-corrected chi connectivity index (χ4v) is 11.3. The zero-order valence-electron chi connectivity index (χ0n) is 41.7. The highest BCUT2D eigenvalue weighted by Crippen LogP contribution is 2.43. The molecular weight excluding hydrogens is 921 g/mol. The van der Waals surface area contributed by atoms with Crippen LogP contribution in [-0.4, -0.2) is 9.13 Å². The maximum Gasteiger partial charge on any atom is 0.0541 e. The van der Waals surface area contributed by atoms with Gasteiger partial charge in [-0.2, -0.15) is 0 Å². The Hall–Kier alpha value is -10.2. The van der Waals surface area contributed by atoms with E-state index in [2.05, 4.69) is 322 Å². The lowest BCUT2D eigenvalue weighted by Gasteiger charge is -2.29. The minimum Gasteiger partial charge on any atom is -0.310 e. The molecule has 4 nitrogen and oxygen atoms in total. The zero-order chi connectivity index (χ0) is 50.4. The molecule has 0 aliphatic rings. The third kappa shape index (κ3) is 7.97. The van der Waals surface area contributed by atoms with E-state index >= 15 is 0 Å². The van der Waals surface area contributed by atoms with Gasteiger partial charge in [-0.15, -0.1) is 0 Å². The molecule has 14 rings (SSSR count). The maximum atomic E-state index is 2.37. The van der Waals surface area contributed by atoms with Crippen molar-refractivity contribution in [1.82, 2.24) is 9.13 Å². The Morgan fingerprint density at radius 2 is 0.487 bits per heavy atom. The van der Waals surface area contributed by atoms with Gasteiger partial charge in [0.05, 0.1) is 22.1 Å². The molecule has 0 aliphatic carbocycles. The number of para-hydroxylation sites is 5. The lowest BCUT2D eigenvalue weighted by Crippen LogP contribution is -2.13. The molecule has 12 aromatic carbocycles. The van der Waals surface area contributed by atoms with Crippen LogP contribution in [0.2, 0.25) is 0 Å². The van der Waals surface area contributed by atoms with Crippen LogP contribution in [-0.2, 0) is 0 Å². The smallest absolute Gasteiger partial charge is 0.0541 e. The average molecular weight is 971 g/mol. The van der Waals surface area contributed by atoms with Crippen LogP contribution in [0.4, 0.5) is 34.1 Å². The molecule has 0 atom stereocenters. The van der Waals surface area contributed by atoms with Crippen LogP contribution in [0.15, 0.2) is 303 Å². The molecule has 0 radical (unpaired) electrons. The van der Waals surface area contributed by atoms with Crippen molar-refractivity contribution in [3.05, 3.63) is 303 Å². The molecule has 0 unspecified atom stereocenters. The summed E-state index contributed by atoms with van der Waals surface area (Å²) in [4.78, 5) is 4.73. The molecule has 2 heterocycles. The summed E-state index contributed by atoms with van der Waals surface area (Å²) in [5.41, 5.74) is 20.5. The Labute approximate surface area is 442 Å². The molecule has 0 bridgehead atoms. The summed E-state index contributed by atoms with van der Waals surface area (Å²) in [6.07, 6.45) is 0. The van der Waals surface area contributed by atoms with Crippen molar-refractivity contribution in [3.8, 4) is 44.8 Å². The summed E-state index contributed by atoms with van der Waals surface area (Å²) < 4.78 is 4.74. The third-order valence-electron chi connectivity index (χ3n) is 14.9. The quantitative estimate of drug-likeness (QED) is 0.128. The zero-order valence-corrected chi connectivity index (χ0v) is 41.7. The Bertz CT molecular complexity index is 4350. The van der Waals surface area contributed by atoms with Gasteiger partial charge >= 0.3 is 0 Å². The molecule has 0 aliphatic heterocycles. The summed E-state index contributed by atoms with van der Waals surface area (Å²) in [6.45, 7) is 0. The second-order valence-electron chi connectivity index (χ2n) is 19.4. The van der Waals surface area contributed by atoms with Crippen molar-refractivity contribution in [2.75, 3.05) is 9.80 Å². The molecule has 0 saturated carbocycles. The number of benzene rings is 12. The summed E-state index contributed by atoms with van der Waals surface area (Å²) >= 11 is 0. The van der Waals surface area contributed by atoms with Crippen LogP contribution in [0.3, 0.4) is 0 Å². The van der Waals surface area contributed by atoms with E-state index in [0.29, 0.717) is 0 Å². The number of hydrogen-bond donors (Lipinski definition) is 0. The van der Waals surface area contributed by atoms with E-state index in [1.165, 1.54) is 65.9 Å². The van der Waals surface area contributed by atoms with E-state index < -0.39 is 0 Å². The Morgan fingerprint density at radius 3 is 0.921 bits per heavy atom. The molecular formula is C72H50N4. The van der Waals surface area contributed by atoms with E-state index in [-0.39, 0.29) is 0 Å². The van der Waals surface area contributed by atoms with Crippen molar-refractivity contribution in [2.24, 2.45) is 0 Å². The Balaban J connectivity index is 0.836. The van der Waals surface area contributed by atoms with Gasteiger partial charge in [0.2, 0.25) is 0 Å². The lowest BCUT2D eigenvalue weighted by atomic mass is 10.0. The highest BCUT2D eigenvalue weighted by Gasteiger charge is 2.20. The second-order valence-corrected chi connectivity index (χ2v) is 19.4. The average Bonchev–Trinajstić information content (AvgIpc) is 4.07. The second kappa shape index (κ2) is 19.0. The van der Waals surface area contributed by atoms with Gasteiger partial charge in [-0.25, -0.2) is 0 Å². The van der Waals surface area contributed by atoms with Crippen LogP contribution in [0, 0.1) is 0 Å². The van der Waals surface area contributed by atoms with Gasteiger partial charge in [0.25, 0.3) is 0 Å². The minimum atomic E-state index is 1.05. The van der Waals surface area contributed by atoms with E-state index in [9.17, 15) is 0 Å². The predicted molar refractivity (Wildman–Crippen MR) is 321 cm³/mol. The van der Waals surface area contributed by atoms with Crippen molar-refractivity contribution < 1.29 is 0 Å². The minimum absolute atomic E-state index is 1.05. The van der Waals surface area contributed by atoms with Gasteiger partial charge in [-0.05, 0) is 161 Å². The first-order valence-electron chi connectivity index (χ1n) is 26.0.